The van der Waals surface area contributed by atoms with Crippen molar-refractivity contribution < 1.29 is 22.8 Å². The van der Waals surface area contributed by atoms with Gasteiger partial charge in [-0.3, -0.25) is 19.0 Å². The van der Waals surface area contributed by atoms with Gasteiger partial charge in [-0.05, 0) is 61.2 Å². The molecule has 0 fully saturated rings. The number of aromatic nitrogens is 3. The van der Waals surface area contributed by atoms with Crippen LogP contribution < -0.4 is 16.5 Å². The minimum Gasteiger partial charge on any atom is -0.355 e. The zero-order valence-electron chi connectivity index (χ0n) is 23.1. The Hall–Kier alpha value is -3.87. The molecule has 0 atom stereocenters. The average Bonchev–Trinajstić information content (AvgIpc) is 3.27. The van der Waals surface area contributed by atoms with E-state index < -0.39 is 17.6 Å². The van der Waals surface area contributed by atoms with Gasteiger partial charge in [-0.25, -0.2) is 4.52 Å². The van der Waals surface area contributed by atoms with Crippen molar-refractivity contribution in [3.8, 4) is 5.69 Å². The Labute approximate surface area is 249 Å². The lowest BCUT2D eigenvalue weighted by molar-refractivity contribution is -0.138. The van der Waals surface area contributed by atoms with Crippen LogP contribution in [0.4, 0.5) is 13.2 Å². The zero-order chi connectivity index (χ0) is 30.5. The summed E-state index contributed by atoms with van der Waals surface area (Å²) < 4.78 is 43.4. The molecule has 1 aliphatic heterocycles. The smallest absolute Gasteiger partial charge is 0.355 e. The first-order chi connectivity index (χ1) is 19.8. The standard InChI is InChI=1S/C29H26BBrF3N5O3/c1-15(2)12-20-24(30)36-39-23-14-37(27(41)17-6-9-22(31)21(13-17)29(32,33)34)11-10-19(23)28(42)38(26(20)39)18-7-4-16(5-8-18)25(40)35-3/h4-9,13,15H,10-12,14H2,1-3H3,(H,35,40). The number of alkyl halides is 3. The summed E-state index contributed by atoms with van der Waals surface area (Å²) in [5.74, 6) is -0.686. The van der Waals surface area contributed by atoms with Crippen molar-refractivity contribution >= 4 is 46.8 Å². The molecule has 0 saturated heterocycles. The number of nitrogens with one attached hydrogen (secondary N) is 1. The third-order valence-corrected chi connectivity index (χ3v) is 7.96. The number of benzene rings is 2. The number of halogens is 4. The second-order valence-corrected chi connectivity index (χ2v) is 11.4. The van der Waals surface area contributed by atoms with E-state index in [4.69, 9.17) is 7.85 Å². The first kappa shape index (κ1) is 29.6. The molecule has 13 heteroatoms. The van der Waals surface area contributed by atoms with Gasteiger partial charge in [-0.1, -0.05) is 29.8 Å². The quantitative estimate of drug-likeness (QED) is 0.337. The summed E-state index contributed by atoms with van der Waals surface area (Å²) in [6.07, 6.45) is -3.96. The molecule has 0 spiro atoms. The predicted octanol–water partition coefficient (Wildman–Crippen LogP) is 3.82. The van der Waals surface area contributed by atoms with Gasteiger partial charge in [0.15, 0.2) is 0 Å². The highest BCUT2D eigenvalue weighted by atomic mass is 79.9. The normalized spacial score (nSPS) is 13.5. The van der Waals surface area contributed by atoms with E-state index in [1.165, 1.54) is 28.6 Å². The first-order valence-electron chi connectivity index (χ1n) is 13.2. The second kappa shape index (κ2) is 11.1. The lowest BCUT2D eigenvalue weighted by atomic mass is 9.93. The van der Waals surface area contributed by atoms with Crippen molar-refractivity contribution in [2.24, 2.45) is 5.92 Å². The molecular formula is C29H26BBrF3N5O3. The van der Waals surface area contributed by atoms with Gasteiger partial charge in [-0.2, -0.15) is 18.3 Å². The van der Waals surface area contributed by atoms with Crippen LogP contribution in [0.15, 0.2) is 51.7 Å². The SMILES string of the molecule is [B]c1nn2c3c(c(=O)n(-c4ccc(C(=O)NC)cc4)c2c1CC(C)C)CCN(C(=O)c1ccc(Br)c(C(F)(F)F)c1)C3. The summed E-state index contributed by atoms with van der Waals surface area (Å²) in [5.41, 5.74) is 1.76. The van der Waals surface area contributed by atoms with E-state index in [0.29, 0.717) is 40.1 Å². The third kappa shape index (κ3) is 5.25. The Morgan fingerprint density at radius 1 is 1.12 bits per heavy atom. The fraction of sp³-hybridized carbons (Fsp3) is 0.310. The molecule has 2 aromatic heterocycles. The van der Waals surface area contributed by atoms with Crippen LogP contribution in [0.5, 0.6) is 0 Å². The minimum atomic E-state index is -4.64. The maximum absolute atomic E-state index is 14.1. The molecular weight excluding hydrogens is 614 g/mol. The molecule has 2 aromatic carbocycles. The van der Waals surface area contributed by atoms with Gasteiger partial charge in [0.05, 0.1) is 23.5 Å². The van der Waals surface area contributed by atoms with Crippen molar-refractivity contribution in [3.63, 3.8) is 0 Å². The fourth-order valence-corrected chi connectivity index (χ4v) is 5.73. The van der Waals surface area contributed by atoms with Crippen LogP contribution >= 0.6 is 15.9 Å². The summed E-state index contributed by atoms with van der Waals surface area (Å²) in [4.78, 5) is 41.0. The summed E-state index contributed by atoms with van der Waals surface area (Å²) in [6.45, 7) is 4.09. The largest absolute Gasteiger partial charge is 0.417 e. The lowest BCUT2D eigenvalue weighted by Crippen LogP contribution is -2.41. The van der Waals surface area contributed by atoms with Gasteiger partial charge in [-0.15, -0.1) is 0 Å². The Morgan fingerprint density at radius 2 is 1.79 bits per heavy atom. The van der Waals surface area contributed by atoms with E-state index in [2.05, 4.69) is 26.3 Å². The molecule has 0 unspecified atom stereocenters. The van der Waals surface area contributed by atoms with Gasteiger partial charge in [0.25, 0.3) is 17.4 Å². The number of amides is 2. The summed E-state index contributed by atoms with van der Waals surface area (Å²) >= 11 is 2.91. The van der Waals surface area contributed by atoms with Crippen LogP contribution in [0.1, 0.15) is 56.9 Å². The molecule has 0 saturated carbocycles. The summed E-state index contributed by atoms with van der Waals surface area (Å²) in [6, 6.07) is 9.94. The Balaban J connectivity index is 1.64. The molecule has 2 radical (unpaired) electrons. The predicted molar refractivity (Wildman–Crippen MR) is 156 cm³/mol. The van der Waals surface area contributed by atoms with Crippen molar-refractivity contribution in [1.82, 2.24) is 24.4 Å². The van der Waals surface area contributed by atoms with E-state index in [9.17, 15) is 27.6 Å². The maximum Gasteiger partial charge on any atom is 0.417 e. The van der Waals surface area contributed by atoms with Crippen LogP contribution in [0.3, 0.4) is 0 Å². The molecule has 5 rings (SSSR count). The van der Waals surface area contributed by atoms with Crippen molar-refractivity contribution in [2.45, 2.75) is 39.4 Å². The van der Waals surface area contributed by atoms with E-state index in [1.807, 2.05) is 13.8 Å². The molecule has 2 amide bonds. The lowest BCUT2D eigenvalue weighted by Gasteiger charge is -2.30. The van der Waals surface area contributed by atoms with Crippen molar-refractivity contribution in [3.05, 3.63) is 90.8 Å². The van der Waals surface area contributed by atoms with Crippen LogP contribution in [0.25, 0.3) is 11.3 Å². The molecule has 216 valence electrons. The van der Waals surface area contributed by atoms with Crippen LogP contribution in [0, 0.1) is 5.92 Å². The Bertz CT molecular complexity index is 1780. The molecule has 1 N–H and O–H groups in total. The van der Waals surface area contributed by atoms with Crippen LogP contribution in [0.2, 0.25) is 0 Å². The highest BCUT2D eigenvalue weighted by Crippen LogP contribution is 2.36. The monoisotopic (exact) mass is 639 g/mol. The number of fused-ring (bicyclic) bond motifs is 3. The molecule has 8 nitrogen and oxygen atoms in total. The number of carbonyl (C=O) groups excluding carboxylic acids is 2. The van der Waals surface area contributed by atoms with E-state index in [-0.39, 0.29) is 52.5 Å². The van der Waals surface area contributed by atoms with E-state index >= 15 is 0 Å². The second-order valence-electron chi connectivity index (χ2n) is 10.6. The van der Waals surface area contributed by atoms with Crippen molar-refractivity contribution in [1.29, 1.82) is 0 Å². The van der Waals surface area contributed by atoms with Gasteiger partial charge < -0.3 is 10.2 Å². The number of hydrogen-bond acceptors (Lipinski definition) is 4. The number of carbonyl (C=O) groups is 2. The Kier molecular flexibility index (Phi) is 7.82. The fourth-order valence-electron chi connectivity index (χ4n) is 5.26. The van der Waals surface area contributed by atoms with Gasteiger partial charge in [0, 0.05) is 45.9 Å². The van der Waals surface area contributed by atoms with Crippen LogP contribution in [-0.4, -0.2) is 52.3 Å². The number of hydrogen-bond donors (Lipinski definition) is 1. The third-order valence-electron chi connectivity index (χ3n) is 7.27. The average molecular weight is 640 g/mol. The molecule has 0 aliphatic carbocycles. The molecule has 0 bridgehead atoms. The van der Waals surface area contributed by atoms with Gasteiger partial charge >= 0.3 is 6.18 Å². The van der Waals surface area contributed by atoms with Crippen molar-refractivity contribution in [2.75, 3.05) is 13.6 Å². The Morgan fingerprint density at radius 3 is 2.40 bits per heavy atom. The summed E-state index contributed by atoms with van der Waals surface area (Å²) in [5, 5.41) is 7.13. The molecule has 42 heavy (non-hydrogen) atoms. The highest BCUT2D eigenvalue weighted by molar-refractivity contribution is 9.10. The molecule has 1 aliphatic rings. The summed E-state index contributed by atoms with van der Waals surface area (Å²) in [7, 11) is 7.91. The van der Waals surface area contributed by atoms with E-state index in [1.54, 1.807) is 28.8 Å². The van der Waals surface area contributed by atoms with Gasteiger partial charge in [0.2, 0.25) is 0 Å². The topological polar surface area (TPSA) is 88.7 Å². The zero-order valence-corrected chi connectivity index (χ0v) is 24.6. The maximum atomic E-state index is 14.1. The van der Waals surface area contributed by atoms with Crippen LogP contribution in [-0.2, 0) is 25.6 Å². The molecule has 3 heterocycles. The number of rotatable bonds is 5. The van der Waals surface area contributed by atoms with Gasteiger partial charge in [0.1, 0.15) is 13.5 Å². The van der Waals surface area contributed by atoms with E-state index in [0.717, 1.165) is 6.07 Å². The first-order valence-corrected chi connectivity index (χ1v) is 14.0. The molecule has 4 aromatic rings. The highest BCUT2D eigenvalue weighted by Gasteiger charge is 2.35. The minimum absolute atomic E-state index is 0.0456. The number of nitrogens with zero attached hydrogens (tertiary/aromatic N) is 4.